The molecule has 0 atom stereocenters. The first-order valence-corrected chi connectivity index (χ1v) is 5.82. The fraction of sp³-hybridized carbons (Fsp3) is 0.917. The molecule has 1 rings (SSSR count). The van der Waals surface area contributed by atoms with Crippen LogP contribution in [-0.4, -0.2) is 23.7 Å². The summed E-state index contributed by atoms with van der Waals surface area (Å²) in [6.45, 7) is 8.04. The molecule has 0 amide bonds. The number of hydrogen-bond donors (Lipinski definition) is 1. The first kappa shape index (κ1) is 12.5. The minimum Gasteiger partial charge on any atom is -0.463 e. The predicted molar refractivity (Wildman–Crippen MR) is 60.7 cm³/mol. The van der Waals surface area contributed by atoms with Gasteiger partial charge in [0, 0.05) is 18.5 Å². The number of ether oxygens (including phenoxy) is 1. The lowest BCUT2D eigenvalue weighted by atomic mass is 9.91. The molecule has 88 valence electrons. The fourth-order valence-electron chi connectivity index (χ4n) is 2.17. The van der Waals surface area contributed by atoms with E-state index in [4.69, 9.17) is 4.74 Å². The van der Waals surface area contributed by atoms with Gasteiger partial charge in [-0.05, 0) is 46.5 Å². The summed E-state index contributed by atoms with van der Waals surface area (Å²) in [5.41, 5.74) is 0.180. The van der Waals surface area contributed by atoms with Crippen molar-refractivity contribution in [3.05, 3.63) is 0 Å². The average Bonchev–Trinajstić information content (AvgIpc) is 2.05. The topological polar surface area (TPSA) is 38.3 Å². The summed E-state index contributed by atoms with van der Waals surface area (Å²) in [6.07, 6.45) is 4.35. The maximum Gasteiger partial charge on any atom is 0.302 e. The summed E-state index contributed by atoms with van der Waals surface area (Å²) in [7, 11) is 0. The molecule has 0 aliphatic heterocycles. The zero-order chi connectivity index (χ0) is 11.5. The lowest BCUT2D eigenvalue weighted by molar-refractivity contribution is -0.148. The Labute approximate surface area is 92.6 Å². The molecule has 0 bridgehead atoms. The van der Waals surface area contributed by atoms with Gasteiger partial charge in [0.05, 0.1) is 0 Å². The Balaban J connectivity index is 2.27. The van der Waals surface area contributed by atoms with Gasteiger partial charge in [-0.1, -0.05) is 0 Å². The number of carbonyl (C=O) groups excluding carboxylic acids is 1. The van der Waals surface area contributed by atoms with E-state index < -0.39 is 0 Å². The van der Waals surface area contributed by atoms with E-state index in [1.54, 1.807) is 0 Å². The first-order chi connectivity index (χ1) is 6.87. The van der Waals surface area contributed by atoms with E-state index in [0.29, 0.717) is 6.04 Å². The molecule has 3 nitrogen and oxygen atoms in total. The van der Waals surface area contributed by atoms with E-state index in [1.807, 2.05) is 0 Å². The summed E-state index contributed by atoms with van der Waals surface area (Å²) in [5.74, 6) is -0.151. The Kier molecular flexibility index (Phi) is 4.14. The largest absolute Gasteiger partial charge is 0.463 e. The summed E-state index contributed by atoms with van der Waals surface area (Å²) in [5, 5.41) is 3.59. The number of hydrogen-bond acceptors (Lipinski definition) is 3. The van der Waals surface area contributed by atoms with Crippen molar-refractivity contribution >= 4 is 5.97 Å². The van der Waals surface area contributed by atoms with Crippen molar-refractivity contribution < 1.29 is 9.53 Å². The van der Waals surface area contributed by atoms with Crippen molar-refractivity contribution in [2.75, 3.05) is 0 Å². The third-order valence-electron chi connectivity index (χ3n) is 2.64. The van der Waals surface area contributed by atoms with Crippen LogP contribution in [-0.2, 0) is 9.53 Å². The molecule has 1 N–H and O–H groups in total. The first-order valence-electron chi connectivity index (χ1n) is 5.82. The van der Waals surface area contributed by atoms with Gasteiger partial charge in [-0.2, -0.15) is 0 Å². The van der Waals surface area contributed by atoms with Crippen molar-refractivity contribution in [1.29, 1.82) is 0 Å². The molecule has 1 fully saturated rings. The summed E-state index contributed by atoms with van der Waals surface area (Å²) in [4.78, 5) is 10.8. The van der Waals surface area contributed by atoms with Gasteiger partial charge in [-0.3, -0.25) is 4.79 Å². The van der Waals surface area contributed by atoms with Crippen LogP contribution in [0.2, 0.25) is 0 Å². The van der Waals surface area contributed by atoms with Crippen LogP contribution in [0.25, 0.3) is 0 Å². The second-order valence-electron chi connectivity index (χ2n) is 5.48. The highest BCUT2D eigenvalue weighted by molar-refractivity contribution is 5.66. The van der Waals surface area contributed by atoms with E-state index in [1.165, 1.54) is 6.92 Å². The van der Waals surface area contributed by atoms with Crippen molar-refractivity contribution in [2.45, 2.75) is 71.1 Å². The monoisotopic (exact) mass is 213 g/mol. The maximum atomic E-state index is 10.8. The number of carbonyl (C=O) groups is 1. The zero-order valence-electron chi connectivity index (χ0n) is 10.3. The highest BCUT2D eigenvalue weighted by Gasteiger charge is 2.25. The van der Waals surface area contributed by atoms with Crippen LogP contribution in [0.5, 0.6) is 0 Å². The molecule has 0 aromatic rings. The molecule has 1 saturated carbocycles. The molecular formula is C12H23NO2. The Morgan fingerprint density at radius 2 is 1.73 bits per heavy atom. The average molecular weight is 213 g/mol. The minimum atomic E-state index is -0.151. The smallest absolute Gasteiger partial charge is 0.302 e. The lowest BCUT2D eigenvalue weighted by Crippen LogP contribution is -2.46. The molecule has 1 aliphatic carbocycles. The van der Waals surface area contributed by atoms with Crippen LogP contribution in [0.1, 0.15) is 53.4 Å². The highest BCUT2D eigenvalue weighted by Crippen LogP contribution is 2.22. The van der Waals surface area contributed by atoms with Crippen LogP contribution in [0.4, 0.5) is 0 Å². The number of rotatable bonds is 2. The second kappa shape index (κ2) is 4.97. The van der Waals surface area contributed by atoms with Gasteiger partial charge < -0.3 is 10.1 Å². The molecule has 0 spiro atoms. The zero-order valence-corrected chi connectivity index (χ0v) is 10.3. The van der Waals surface area contributed by atoms with E-state index in [0.717, 1.165) is 25.7 Å². The van der Waals surface area contributed by atoms with Gasteiger partial charge in [0.2, 0.25) is 0 Å². The van der Waals surface area contributed by atoms with Crippen LogP contribution in [0.3, 0.4) is 0 Å². The summed E-state index contributed by atoms with van der Waals surface area (Å²) in [6, 6.07) is 0.580. The maximum absolute atomic E-state index is 10.8. The third-order valence-corrected chi connectivity index (χ3v) is 2.64. The highest BCUT2D eigenvalue weighted by atomic mass is 16.5. The van der Waals surface area contributed by atoms with E-state index in [-0.39, 0.29) is 17.6 Å². The fourth-order valence-corrected chi connectivity index (χ4v) is 2.17. The molecule has 3 heteroatoms. The minimum absolute atomic E-state index is 0.151. The quantitative estimate of drug-likeness (QED) is 0.715. The van der Waals surface area contributed by atoms with E-state index in [2.05, 4.69) is 26.1 Å². The van der Waals surface area contributed by atoms with Crippen LogP contribution >= 0.6 is 0 Å². The third kappa shape index (κ3) is 5.17. The van der Waals surface area contributed by atoms with Crippen molar-refractivity contribution in [3.63, 3.8) is 0 Å². The van der Waals surface area contributed by atoms with Crippen LogP contribution < -0.4 is 5.32 Å². The van der Waals surface area contributed by atoms with Gasteiger partial charge >= 0.3 is 5.97 Å². The van der Waals surface area contributed by atoms with Gasteiger partial charge in [0.25, 0.3) is 0 Å². The Bertz CT molecular complexity index is 212. The van der Waals surface area contributed by atoms with Crippen molar-refractivity contribution in [3.8, 4) is 0 Å². The molecular weight excluding hydrogens is 190 g/mol. The van der Waals surface area contributed by atoms with Gasteiger partial charge in [-0.15, -0.1) is 0 Å². The van der Waals surface area contributed by atoms with Crippen molar-refractivity contribution in [1.82, 2.24) is 5.32 Å². The molecule has 0 saturated heterocycles. The lowest BCUT2D eigenvalue weighted by Gasteiger charge is -2.33. The Morgan fingerprint density at radius 1 is 1.20 bits per heavy atom. The van der Waals surface area contributed by atoms with E-state index >= 15 is 0 Å². The number of esters is 1. The second-order valence-corrected chi connectivity index (χ2v) is 5.48. The van der Waals surface area contributed by atoms with Gasteiger partial charge in [0.1, 0.15) is 6.10 Å². The predicted octanol–water partition coefficient (Wildman–Crippen LogP) is 2.25. The SMILES string of the molecule is CC(=O)OC1CCC(NC(C)(C)C)CC1. The summed E-state index contributed by atoms with van der Waals surface area (Å²) >= 11 is 0. The van der Waals surface area contributed by atoms with E-state index in [9.17, 15) is 4.79 Å². The van der Waals surface area contributed by atoms with Crippen molar-refractivity contribution in [2.24, 2.45) is 0 Å². The number of nitrogens with one attached hydrogen (secondary N) is 1. The Hall–Kier alpha value is -0.570. The standard InChI is InChI=1S/C12H23NO2/c1-9(14)15-11-7-5-10(6-8-11)13-12(2,3)4/h10-11,13H,5-8H2,1-4H3. The van der Waals surface area contributed by atoms with Crippen LogP contribution in [0.15, 0.2) is 0 Å². The van der Waals surface area contributed by atoms with Crippen LogP contribution in [0, 0.1) is 0 Å². The molecule has 0 unspecified atom stereocenters. The van der Waals surface area contributed by atoms with Gasteiger partial charge in [0.15, 0.2) is 0 Å². The molecule has 0 heterocycles. The normalized spacial score (nSPS) is 27.5. The molecule has 0 radical (unpaired) electrons. The summed E-state index contributed by atoms with van der Waals surface area (Å²) < 4.78 is 5.20. The van der Waals surface area contributed by atoms with Gasteiger partial charge in [-0.25, -0.2) is 0 Å². The Morgan fingerprint density at radius 3 is 2.13 bits per heavy atom. The molecule has 0 aromatic heterocycles. The molecule has 0 aromatic carbocycles. The molecule has 1 aliphatic rings. The molecule has 15 heavy (non-hydrogen) atoms.